The van der Waals surface area contributed by atoms with Crippen LogP contribution in [0.15, 0.2) is 59.0 Å². The number of hydrazine groups is 1. The van der Waals surface area contributed by atoms with Crippen molar-refractivity contribution in [2.75, 3.05) is 32.1 Å². The Hall–Kier alpha value is -2.60. The highest BCUT2D eigenvalue weighted by atomic mass is 32.2. The number of nitrogens with one attached hydrogen (secondary N) is 2. The fourth-order valence-electron chi connectivity index (χ4n) is 3.33. The molecule has 0 saturated carbocycles. The van der Waals surface area contributed by atoms with Crippen molar-refractivity contribution in [3.63, 3.8) is 0 Å². The Bertz CT molecular complexity index is 833. The monoisotopic (exact) mass is 464 g/mol. The molecule has 1 amide bonds. The largest absolute Gasteiger partial charge is 0.405 e. The number of nitrogens with two attached hydrogens (primary N) is 1. The van der Waals surface area contributed by atoms with Gasteiger partial charge in [-0.25, -0.2) is 4.21 Å². The zero-order valence-electron chi connectivity index (χ0n) is 18.1. The van der Waals surface area contributed by atoms with E-state index in [9.17, 15) is 14.1 Å². The molecule has 4 unspecified atom stereocenters. The normalized spacial score (nSPS) is 20.6. The predicted molar refractivity (Wildman–Crippen MR) is 124 cm³/mol. The lowest BCUT2D eigenvalue weighted by Crippen LogP contribution is -2.48. The predicted octanol–water partition coefficient (Wildman–Crippen LogP) is 1.07. The van der Waals surface area contributed by atoms with Gasteiger partial charge in [0.1, 0.15) is 6.73 Å². The second-order valence-corrected chi connectivity index (χ2v) is 8.50. The van der Waals surface area contributed by atoms with E-state index in [0.29, 0.717) is 19.5 Å². The van der Waals surface area contributed by atoms with Crippen LogP contribution in [0.25, 0.3) is 5.57 Å². The van der Waals surface area contributed by atoms with Gasteiger partial charge in [-0.15, -0.1) is 0 Å². The topological polar surface area (TPSA) is 153 Å². The van der Waals surface area contributed by atoms with Crippen LogP contribution in [0, 0.1) is 11.8 Å². The van der Waals surface area contributed by atoms with Crippen LogP contribution in [-0.4, -0.2) is 62.9 Å². The van der Waals surface area contributed by atoms with E-state index in [0.717, 1.165) is 11.1 Å². The fraction of sp³-hybridized carbons (Fsp3) is 0.476. The van der Waals surface area contributed by atoms with Gasteiger partial charge < -0.3 is 20.7 Å². The van der Waals surface area contributed by atoms with Gasteiger partial charge in [0.2, 0.25) is 5.91 Å². The molecular weight excluding hydrogens is 432 g/mol. The molecule has 0 saturated heterocycles. The zero-order chi connectivity index (χ0) is 23.3. The van der Waals surface area contributed by atoms with Crippen LogP contribution in [0.4, 0.5) is 0 Å². The molecule has 0 aliphatic carbocycles. The van der Waals surface area contributed by atoms with Crippen molar-refractivity contribution in [1.29, 1.82) is 0 Å². The molecule has 0 radical (unpaired) electrons. The maximum Gasteiger partial charge on any atom is 0.239 e. The summed E-state index contributed by atoms with van der Waals surface area (Å²) in [5.74, 6) is -0.568. The summed E-state index contributed by atoms with van der Waals surface area (Å²) in [5, 5.41) is 22.6. The van der Waals surface area contributed by atoms with Crippen molar-refractivity contribution in [2.24, 2.45) is 27.8 Å². The minimum atomic E-state index is -1.82. The molecule has 1 aromatic rings. The van der Waals surface area contributed by atoms with Gasteiger partial charge in [0.25, 0.3) is 0 Å². The molecule has 0 aromatic heterocycles. The number of carbonyl (C=O) groups is 1. The van der Waals surface area contributed by atoms with Crippen LogP contribution in [0.3, 0.4) is 0 Å². The minimum absolute atomic E-state index is 0.0273. The molecule has 1 aliphatic rings. The highest BCUT2D eigenvalue weighted by molar-refractivity contribution is 7.79. The number of amides is 1. The van der Waals surface area contributed by atoms with Gasteiger partial charge in [-0.05, 0) is 23.8 Å². The Morgan fingerprint density at radius 1 is 1.41 bits per heavy atom. The zero-order valence-corrected chi connectivity index (χ0v) is 18.9. The van der Waals surface area contributed by atoms with E-state index in [2.05, 4.69) is 21.0 Å². The lowest BCUT2D eigenvalue weighted by Gasteiger charge is -2.26. The summed E-state index contributed by atoms with van der Waals surface area (Å²) in [6.45, 7) is 2.66. The standard InChI is InChI=1S/C21H32N6O4S/c1-16(20-18(8-9-22)13-24-25-20)21(29)26-27(15-28)14-19(17-6-3-2-4-7-17)12-23-10-5-11-32(30)31/h2-4,6-9,12,16,18,20,23,28H,5,10-11,13-15,22H2,1H3,(H,26,29)(H,30,31). The Balaban J connectivity index is 2.03. The third-order valence-corrected chi connectivity index (χ3v) is 5.73. The first kappa shape index (κ1) is 25.7. The molecule has 2 rings (SSSR count). The van der Waals surface area contributed by atoms with E-state index in [-0.39, 0.29) is 36.9 Å². The van der Waals surface area contributed by atoms with Gasteiger partial charge in [-0.3, -0.25) is 10.2 Å². The van der Waals surface area contributed by atoms with Crippen molar-refractivity contribution in [1.82, 2.24) is 15.8 Å². The molecule has 1 aromatic carbocycles. The molecule has 4 atom stereocenters. The van der Waals surface area contributed by atoms with Crippen molar-refractivity contribution in [2.45, 2.75) is 19.4 Å². The molecule has 0 spiro atoms. The van der Waals surface area contributed by atoms with Gasteiger partial charge >= 0.3 is 0 Å². The number of nitrogens with zero attached hydrogens (tertiary/aromatic N) is 3. The van der Waals surface area contributed by atoms with Crippen LogP contribution in [0.5, 0.6) is 0 Å². The second kappa shape index (κ2) is 13.7. The first-order valence-corrected chi connectivity index (χ1v) is 11.7. The van der Waals surface area contributed by atoms with Crippen LogP contribution in [0.2, 0.25) is 0 Å². The number of carbonyl (C=O) groups excluding carboxylic acids is 1. The first-order valence-electron chi connectivity index (χ1n) is 10.4. The average Bonchev–Trinajstić information content (AvgIpc) is 3.25. The first-order chi connectivity index (χ1) is 15.5. The van der Waals surface area contributed by atoms with Gasteiger partial charge in [-0.2, -0.15) is 15.2 Å². The maximum atomic E-state index is 12.8. The van der Waals surface area contributed by atoms with Gasteiger partial charge in [0, 0.05) is 25.2 Å². The molecule has 176 valence electrons. The molecule has 10 nitrogen and oxygen atoms in total. The second-order valence-electron chi connectivity index (χ2n) is 7.45. The lowest BCUT2D eigenvalue weighted by atomic mass is 9.90. The Morgan fingerprint density at radius 2 is 2.16 bits per heavy atom. The molecule has 1 aliphatic heterocycles. The van der Waals surface area contributed by atoms with E-state index in [1.807, 2.05) is 30.3 Å². The molecule has 32 heavy (non-hydrogen) atoms. The van der Waals surface area contributed by atoms with Crippen LogP contribution in [-0.2, 0) is 15.9 Å². The Morgan fingerprint density at radius 3 is 2.81 bits per heavy atom. The van der Waals surface area contributed by atoms with Gasteiger partial charge in [0.05, 0.1) is 24.3 Å². The van der Waals surface area contributed by atoms with E-state index in [4.69, 9.17) is 10.3 Å². The van der Waals surface area contributed by atoms with E-state index in [1.54, 1.807) is 19.2 Å². The van der Waals surface area contributed by atoms with E-state index in [1.165, 1.54) is 11.2 Å². The molecular formula is C21H32N6O4S. The summed E-state index contributed by atoms with van der Waals surface area (Å²) in [6.07, 6.45) is 5.57. The van der Waals surface area contributed by atoms with Crippen LogP contribution < -0.4 is 16.5 Å². The van der Waals surface area contributed by atoms with Crippen molar-refractivity contribution in [3.8, 4) is 0 Å². The highest BCUT2D eigenvalue weighted by Crippen LogP contribution is 2.25. The third kappa shape index (κ3) is 8.15. The highest BCUT2D eigenvalue weighted by Gasteiger charge is 2.33. The van der Waals surface area contributed by atoms with Crippen LogP contribution in [0.1, 0.15) is 18.9 Å². The van der Waals surface area contributed by atoms with Gasteiger partial charge in [0.15, 0.2) is 11.1 Å². The van der Waals surface area contributed by atoms with E-state index >= 15 is 0 Å². The van der Waals surface area contributed by atoms with Crippen LogP contribution >= 0.6 is 0 Å². The van der Waals surface area contributed by atoms with Gasteiger partial charge in [-0.1, -0.05) is 43.3 Å². The maximum absolute atomic E-state index is 12.8. The molecule has 0 fully saturated rings. The Labute approximate surface area is 190 Å². The number of rotatable bonds is 13. The Kier molecular flexibility index (Phi) is 11.0. The lowest BCUT2D eigenvalue weighted by molar-refractivity contribution is -0.131. The van der Waals surface area contributed by atoms with Crippen molar-refractivity contribution >= 4 is 22.6 Å². The minimum Gasteiger partial charge on any atom is -0.405 e. The van der Waals surface area contributed by atoms with E-state index < -0.39 is 17.0 Å². The quantitative estimate of drug-likeness (QED) is 0.127. The smallest absolute Gasteiger partial charge is 0.239 e. The number of benzene rings is 1. The fourth-order valence-corrected chi connectivity index (χ4v) is 3.72. The number of hydrogen-bond acceptors (Lipinski definition) is 8. The summed E-state index contributed by atoms with van der Waals surface area (Å²) in [5.41, 5.74) is 10.0. The molecule has 1 heterocycles. The number of aliphatic hydroxyl groups excluding tert-OH is 1. The summed E-state index contributed by atoms with van der Waals surface area (Å²) >= 11 is -1.82. The molecule has 11 heteroatoms. The van der Waals surface area contributed by atoms with Crippen molar-refractivity contribution in [3.05, 3.63) is 54.4 Å². The summed E-state index contributed by atoms with van der Waals surface area (Å²) in [7, 11) is 0. The summed E-state index contributed by atoms with van der Waals surface area (Å²) in [6, 6.07) is 9.26. The molecule has 6 N–H and O–H groups in total. The summed E-state index contributed by atoms with van der Waals surface area (Å²) in [4.78, 5) is 12.8. The number of hydrogen-bond donors (Lipinski definition) is 5. The number of aliphatic hydroxyl groups is 1. The average molecular weight is 465 g/mol. The van der Waals surface area contributed by atoms with Crippen molar-refractivity contribution < 1.29 is 18.7 Å². The number of azo groups is 1. The SMILES string of the molecule is CC(C(=O)NN(CO)CC(=CNCCCS(=O)O)c1ccccc1)C1N=NCC1C=CN. The summed E-state index contributed by atoms with van der Waals surface area (Å²) < 4.78 is 19.7. The third-order valence-electron chi connectivity index (χ3n) is 5.09. The molecule has 0 bridgehead atoms.